The van der Waals surface area contributed by atoms with Crippen LogP contribution in [-0.2, 0) is 0 Å². The number of rotatable bonds is 2. The number of benzene rings is 4. The van der Waals surface area contributed by atoms with Crippen molar-refractivity contribution in [3.63, 3.8) is 0 Å². The third kappa shape index (κ3) is 2.82. The van der Waals surface area contributed by atoms with Crippen LogP contribution >= 0.6 is 11.6 Å². The van der Waals surface area contributed by atoms with Crippen molar-refractivity contribution in [1.29, 1.82) is 0 Å². The van der Waals surface area contributed by atoms with Crippen molar-refractivity contribution in [1.82, 2.24) is 15.0 Å². The van der Waals surface area contributed by atoms with Gasteiger partial charge in [-0.2, -0.15) is 9.97 Å². The molecule has 27 heavy (non-hydrogen) atoms. The quantitative estimate of drug-likeness (QED) is 0.350. The Morgan fingerprint density at radius 3 is 2.15 bits per heavy atom. The first-order valence-electron chi connectivity index (χ1n) is 8.67. The van der Waals surface area contributed by atoms with Gasteiger partial charge in [0.05, 0.1) is 0 Å². The van der Waals surface area contributed by atoms with Gasteiger partial charge < -0.3 is 0 Å². The molecule has 0 N–H and O–H groups in total. The van der Waals surface area contributed by atoms with E-state index in [-0.39, 0.29) is 5.28 Å². The highest BCUT2D eigenvalue weighted by Crippen LogP contribution is 2.33. The molecule has 1 aromatic heterocycles. The molecule has 0 aliphatic carbocycles. The van der Waals surface area contributed by atoms with E-state index >= 15 is 0 Å². The topological polar surface area (TPSA) is 38.7 Å². The van der Waals surface area contributed by atoms with Crippen LogP contribution in [0.4, 0.5) is 0 Å². The first kappa shape index (κ1) is 15.9. The van der Waals surface area contributed by atoms with Gasteiger partial charge in [-0.3, -0.25) is 0 Å². The molecule has 1 heterocycles. The van der Waals surface area contributed by atoms with E-state index in [0.29, 0.717) is 11.6 Å². The molecule has 4 heteroatoms. The van der Waals surface area contributed by atoms with Gasteiger partial charge >= 0.3 is 0 Å². The second-order valence-corrected chi connectivity index (χ2v) is 6.65. The molecular formula is C23H14ClN3. The third-order valence-corrected chi connectivity index (χ3v) is 4.82. The summed E-state index contributed by atoms with van der Waals surface area (Å²) < 4.78 is 0. The van der Waals surface area contributed by atoms with Crippen molar-refractivity contribution in [2.75, 3.05) is 0 Å². The molecule has 0 fully saturated rings. The summed E-state index contributed by atoms with van der Waals surface area (Å²) in [6.45, 7) is 0. The van der Waals surface area contributed by atoms with Gasteiger partial charge in [0.1, 0.15) is 0 Å². The second kappa shape index (κ2) is 6.45. The smallest absolute Gasteiger partial charge is 0.208 e. The Hall–Kier alpha value is -3.30. The van der Waals surface area contributed by atoms with E-state index in [2.05, 4.69) is 40.3 Å². The molecular weight excluding hydrogens is 354 g/mol. The molecule has 0 aliphatic heterocycles. The lowest BCUT2D eigenvalue weighted by molar-refractivity contribution is 1.07. The Bertz CT molecular complexity index is 1280. The highest BCUT2D eigenvalue weighted by molar-refractivity contribution is 6.28. The number of aromatic nitrogens is 3. The Labute approximate surface area is 161 Å². The fraction of sp³-hybridized carbons (Fsp3) is 0. The van der Waals surface area contributed by atoms with Crippen LogP contribution in [0, 0.1) is 0 Å². The van der Waals surface area contributed by atoms with Gasteiger partial charge in [0, 0.05) is 16.5 Å². The average Bonchev–Trinajstić information content (AvgIpc) is 2.73. The number of hydrogen-bond acceptors (Lipinski definition) is 3. The van der Waals surface area contributed by atoms with Crippen LogP contribution < -0.4 is 0 Å². The van der Waals surface area contributed by atoms with Crippen LogP contribution in [0.5, 0.6) is 0 Å². The van der Waals surface area contributed by atoms with Gasteiger partial charge in [-0.1, -0.05) is 84.9 Å². The molecule has 0 radical (unpaired) electrons. The number of fused-ring (bicyclic) bond motifs is 3. The molecule has 0 amide bonds. The van der Waals surface area contributed by atoms with E-state index in [9.17, 15) is 0 Å². The summed E-state index contributed by atoms with van der Waals surface area (Å²) in [6.07, 6.45) is 0. The zero-order valence-electron chi connectivity index (χ0n) is 14.3. The van der Waals surface area contributed by atoms with Crippen LogP contribution in [0.15, 0.2) is 84.9 Å². The predicted molar refractivity (Wildman–Crippen MR) is 111 cm³/mol. The summed E-state index contributed by atoms with van der Waals surface area (Å²) in [5.74, 6) is 1.15. The minimum absolute atomic E-state index is 0.191. The molecule has 3 nitrogen and oxygen atoms in total. The Kier molecular flexibility index (Phi) is 3.80. The largest absolute Gasteiger partial charge is 0.226 e. The minimum Gasteiger partial charge on any atom is -0.208 e. The van der Waals surface area contributed by atoms with Crippen LogP contribution in [0.25, 0.3) is 44.3 Å². The van der Waals surface area contributed by atoms with E-state index in [1.807, 2.05) is 54.6 Å². The summed E-state index contributed by atoms with van der Waals surface area (Å²) in [7, 11) is 0. The van der Waals surface area contributed by atoms with Crippen LogP contribution in [0.2, 0.25) is 5.28 Å². The van der Waals surface area contributed by atoms with Gasteiger partial charge in [-0.15, -0.1) is 0 Å². The van der Waals surface area contributed by atoms with Crippen molar-refractivity contribution < 1.29 is 0 Å². The van der Waals surface area contributed by atoms with Crippen LogP contribution in [0.1, 0.15) is 0 Å². The maximum Gasteiger partial charge on any atom is 0.226 e. The zero-order chi connectivity index (χ0) is 18.2. The van der Waals surface area contributed by atoms with Gasteiger partial charge in [0.2, 0.25) is 5.28 Å². The van der Waals surface area contributed by atoms with E-state index in [1.165, 1.54) is 10.8 Å². The summed E-state index contributed by atoms with van der Waals surface area (Å²) >= 11 is 6.26. The molecule has 0 aliphatic rings. The SMILES string of the molecule is Clc1nc(-c2ccccc2)nc(-c2cccc3ccc4ccccc4c23)n1. The van der Waals surface area contributed by atoms with Crippen molar-refractivity contribution in [2.24, 2.45) is 0 Å². The summed E-state index contributed by atoms with van der Waals surface area (Å²) in [5, 5.41) is 4.81. The molecule has 0 saturated carbocycles. The molecule has 0 unspecified atom stereocenters. The number of hydrogen-bond donors (Lipinski definition) is 0. The maximum absolute atomic E-state index is 6.26. The summed E-state index contributed by atoms with van der Waals surface area (Å²) in [4.78, 5) is 13.5. The zero-order valence-corrected chi connectivity index (χ0v) is 15.1. The first-order chi connectivity index (χ1) is 13.3. The van der Waals surface area contributed by atoms with Gasteiger partial charge in [-0.25, -0.2) is 4.98 Å². The molecule has 5 rings (SSSR count). The van der Waals surface area contributed by atoms with E-state index in [4.69, 9.17) is 16.6 Å². The minimum atomic E-state index is 0.191. The normalized spacial score (nSPS) is 11.1. The predicted octanol–water partition coefficient (Wildman–Crippen LogP) is 6.17. The highest BCUT2D eigenvalue weighted by Gasteiger charge is 2.13. The highest BCUT2D eigenvalue weighted by atomic mass is 35.5. The lowest BCUT2D eigenvalue weighted by Gasteiger charge is -2.10. The van der Waals surface area contributed by atoms with Crippen molar-refractivity contribution >= 4 is 33.1 Å². The monoisotopic (exact) mass is 367 g/mol. The fourth-order valence-electron chi connectivity index (χ4n) is 3.43. The van der Waals surface area contributed by atoms with Crippen LogP contribution in [-0.4, -0.2) is 15.0 Å². The second-order valence-electron chi connectivity index (χ2n) is 6.31. The van der Waals surface area contributed by atoms with Gasteiger partial charge in [0.15, 0.2) is 11.6 Å². The fourth-order valence-corrected chi connectivity index (χ4v) is 3.59. The van der Waals surface area contributed by atoms with E-state index in [0.717, 1.165) is 21.9 Å². The van der Waals surface area contributed by atoms with E-state index < -0.39 is 0 Å². The van der Waals surface area contributed by atoms with Crippen molar-refractivity contribution in [3.05, 3.63) is 90.2 Å². The van der Waals surface area contributed by atoms with Gasteiger partial charge in [-0.05, 0) is 27.8 Å². The molecule has 128 valence electrons. The van der Waals surface area contributed by atoms with Gasteiger partial charge in [0.25, 0.3) is 0 Å². The standard InChI is InChI=1S/C23H14ClN3/c24-23-26-21(17-8-2-1-3-9-17)25-22(27-23)19-12-6-10-16-14-13-15-7-4-5-11-18(15)20(16)19/h1-14H. The molecule has 0 bridgehead atoms. The molecule has 0 saturated heterocycles. The maximum atomic E-state index is 6.26. The van der Waals surface area contributed by atoms with Crippen molar-refractivity contribution in [2.45, 2.75) is 0 Å². The Morgan fingerprint density at radius 2 is 1.26 bits per heavy atom. The lowest BCUT2D eigenvalue weighted by Crippen LogP contribution is -1.97. The Balaban J connectivity index is 1.82. The molecule has 5 aromatic rings. The lowest BCUT2D eigenvalue weighted by atomic mass is 9.97. The number of nitrogens with zero attached hydrogens (tertiary/aromatic N) is 3. The van der Waals surface area contributed by atoms with Crippen LogP contribution in [0.3, 0.4) is 0 Å². The molecule has 4 aromatic carbocycles. The first-order valence-corrected chi connectivity index (χ1v) is 9.05. The average molecular weight is 368 g/mol. The Morgan fingerprint density at radius 1 is 0.556 bits per heavy atom. The molecule has 0 atom stereocenters. The number of halogens is 1. The molecule has 0 spiro atoms. The summed E-state index contributed by atoms with van der Waals surface area (Å²) in [5.41, 5.74) is 1.86. The van der Waals surface area contributed by atoms with Crippen molar-refractivity contribution in [3.8, 4) is 22.8 Å². The van der Waals surface area contributed by atoms with E-state index in [1.54, 1.807) is 0 Å². The summed E-state index contributed by atoms with van der Waals surface area (Å²) in [6, 6.07) is 28.6. The third-order valence-electron chi connectivity index (χ3n) is 4.65.